The second-order valence-electron chi connectivity index (χ2n) is 11.7. The van der Waals surface area contributed by atoms with Crippen molar-refractivity contribution in [3.63, 3.8) is 0 Å². The number of carbonyl (C=O) groups excluding carboxylic acids is 1. The highest BCUT2D eigenvalue weighted by atomic mass is 35.5. The van der Waals surface area contributed by atoms with Gasteiger partial charge in [-0.15, -0.1) is 0 Å². The average molecular weight is 694 g/mol. The number of aromatic nitrogens is 4. The number of hydrogen-bond donors (Lipinski definition) is 3. The third-order valence-electron chi connectivity index (χ3n) is 8.68. The van der Waals surface area contributed by atoms with Crippen LogP contribution in [0.4, 0.5) is 10.9 Å². The topological polar surface area (TPSA) is 149 Å². The number of halogens is 2. The summed E-state index contributed by atoms with van der Waals surface area (Å²) in [6.45, 7) is 10.4. The third-order valence-corrected chi connectivity index (χ3v) is 10.7. The summed E-state index contributed by atoms with van der Waals surface area (Å²) in [5, 5.41) is 14.1. The molecule has 6 rings (SSSR count). The van der Waals surface area contributed by atoms with E-state index in [-0.39, 0.29) is 39.3 Å². The summed E-state index contributed by atoms with van der Waals surface area (Å²) in [4.78, 5) is 48.9. The molecule has 1 unspecified atom stereocenters. The molecule has 46 heavy (non-hydrogen) atoms. The highest BCUT2D eigenvalue weighted by Crippen LogP contribution is 2.35. The summed E-state index contributed by atoms with van der Waals surface area (Å²) in [7, 11) is 0. The molecule has 0 radical (unpaired) electrons. The number of rotatable bonds is 10. The van der Waals surface area contributed by atoms with E-state index in [2.05, 4.69) is 30.1 Å². The molecule has 3 aliphatic rings. The highest BCUT2D eigenvalue weighted by molar-refractivity contribution is 7.17. The molecule has 0 bridgehead atoms. The zero-order chi connectivity index (χ0) is 32.4. The SMILES string of the molecule is CCO[C@H]1CN(c2nc(-c3cnc(N4CCN(CC5CCCO5)CC4)cn3)c(C(=O)O)s2)CC[C@H]1NC(=O)c1[nH]c(C)c(Cl)c1Cl. The lowest BCUT2D eigenvalue weighted by atomic mass is 10.0. The second-order valence-corrected chi connectivity index (χ2v) is 13.5. The molecule has 3 atom stereocenters. The van der Waals surface area contributed by atoms with Gasteiger partial charge in [0.1, 0.15) is 27.8 Å². The fraction of sp³-hybridized carbons (Fsp3) is 0.567. The van der Waals surface area contributed by atoms with Crippen LogP contribution in [0, 0.1) is 6.92 Å². The van der Waals surface area contributed by atoms with Gasteiger partial charge in [0, 0.05) is 64.7 Å². The smallest absolute Gasteiger partial charge is 0.348 e. The van der Waals surface area contributed by atoms with Gasteiger partial charge >= 0.3 is 5.97 Å². The van der Waals surface area contributed by atoms with Crippen molar-refractivity contribution < 1.29 is 24.2 Å². The van der Waals surface area contributed by atoms with Crippen LogP contribution in [0.2, 0.25) is 10.0 Å². The molecule has 3 saturated heterocycles. The predicted octanol–water partition coefficient (Wildman–Crippen LogP) is 3.96. The standard InChI is InChI=1S/C30H38Cl2N8O5S/c1-3-44-21-16-40(7-6-19(21)36-28(41)26-24(32)23(31)17(2)35-26)30-37-25(27(46-30)29(42)43)20-13-34-22(14-33-20)39-10-8-38(9-11-39)15-18-5-4-12-45-18/h13-14,18-19,21,35H,3-12,15-16H2,1-2H3,(H,36,41)(H,42,43)/t18?,19-,21+/m1/s1. The summed E-state index contributed by atoms with van der Waals surface area (Å²) in [6.07, 6.45) is 6.10. The molecule has 3 aliphatic heterocycles. The van der Waals surface area contributed by atoms with Crippen molar-refractivity contribution in [3.8, 4) is 11.4 Å². The van der Waals surface area contributed by atoms with Gasteiger partial charge in [0.25, 0.3) is 5.91 Å². The maximum atomic E-state index is 13.0. The van der Waals surface area contributed by atoms with Crippen LogP contribution in [0.1, 0.15) is 52.0 Å². The van der Waals surface area contributed by atoms with Gasteiger partial charge in [-0.3, -0.25) is 9.69 Å². The van der Waals surface area contributed by atoms with Crippen molar-refractivity contribution in [1.82, 2.24) is 30.2 Å². The number of nitrogens with zero attached hydrogens (tertiary/aromatic N) is 6. The number of anilines is 2. The van der Waals surface area contributed by atoms with Crippen LogP contribution in [0.15, 0.2) is 12.4 Å². The lowest BCUT2D eigenvalue weighted by molar-refractivity contribution is 0.0272. The largest absolute Gasteiger partial charge is 0.477 e. The number of carbonyl (C=O) groups is 2. The molecule has 0 spiro atoms. The van der Waals surface area contributed by atoms with Crippen molar-refractivity contribution >= 4 is 57.4 Å². The number of H-pyrrole nitrogens is 1. The Morgan fingerprint density at radius 2 is 1.93 bits per heavy atom. The molecule has 16 heteroatoms. The molecule has 1 amide bonds. The van der Waals surface area contributed by atoms with Crippen LogP contribution in [-0.2, 0) is 9.47 Å². The molecule has 3 aromatic rings. The molecule has 6 heterocycles. The van der Waals surface area contributed by atoms with Crippen molar-refractivity contribution in [3.05, 3.63) is 38.7 Å². The Morgan fingerprint density at radius 3 is 2.57 bits per heavy atom. The summed E-state index contributed by atoms with van der Waals surface area (Å²) in [5.74, 6) is -0.683. The van der Waals surface area contributed by atoms with E-state index in [0.717, 1.165) is 69.3 Å². The first-order valence-electron chi connectivity index (χ1n) is 15.6. The van der Waals surface area contributed by atoms with E-state index in [1.54, 1.807) is 19.3 Å². The lowest BCUT2D eigenvalue weighted by Crippen LogP contribution is -2.55. The van der Waals surface area contributed by atoms with E-state index < -0.39 is 5.97 Å². The van der Waals surface area contributed by atoms with Crippen LogP contribution in [0.3, 0.4) is 0 Å². The summed E-state index contributed by atoms with van der Waals surface area (Å²) in [5.41, 5.74) is 1.51. The summed E-state index contributed by atoms with van der Waals surface area (Å²) < 4.78 is 11.8. The number of carboxylic acid groups (broad SMARTS) is 1. The van der Waals surface area contributed by atoms with E-state index >= 15 is 0 Å². The van der Waals surface area contributed by atoms with E-state index in [4.69, 9.17) is 37.7 Å². The second kappa shape index (κ2) is 14.4. The first kappa shape index (κ1) is 32.9. The number of nitrogens with one attached hydrogen (secondary N) is 2. The van der Waals surface area contributed by atoms with Gasteiger partial charge in [-0.05, 0) is 33.1 Å². The Bertz CT molecular complexity index is 1540. The first-order chi connectivity index (χ1) is 22.2. The Labute approximate surface area is 281 Å². The molecular weight excluding hydrogens is 655 g/mol. The Balaban J connectivity index is 1.11. The van der Waals surface area contributed by atoms with Crippen molar-refractivity contribution in [2.24, 2.45) is 0 Å². The monoisotopic (exact) mass is 692 g/mol. The molecule has 3 aromatic heterocycles. The van der Waals surface area contributed by atoms with Gasteiger partial charge in [-0.2, -0.15) is 0 Å². The fourth-order valence-electron chi connectivity index (χ4n) is 6.21. The predicted molar refractivity (Wildman–Crippen MR) is 177 cm³/mol. The quantitative estimate of drug-likeness (QED) is 0.284. The van der Waals surface area contributed by atoms with E-state index in [0.29, 0.717) is 53.8 Å². The van der Waals surface area contributed by atoms with Crippen molar-refractivity contribution in [1.29, 1.82) is 0 Å². The van der Waals surface area contributed by atoms with Crippen molar-refractivity contribution in [2.45, 2.75) is 51.4 Å². The van der Waals surface area contributed by atoms with Crippen LogP contribution in [-0.4, -0.2) is 119 Å². The van der Waals surface area contributed by atoms with Gasteiger partial charge in [0.2, 0.25) is 0 Å². The van der Waals surface area contributed by atoms with Gasteiger partial charge in [-0.1, -0.05) is 34.5 Å². The molecule has 13 nitrogen and oxygen atoms in total. The van der Waals surface area contributed by atoms with Crippen LogP contribution < -0.4 is 15.1 Å². The molecule has 248 valence electrons. The van der Waals surface area contributed by atoms with E-state index in [9.17, 15) is 14.7 Å². The average Bonchev–Trinajstić information content (AvgIpc) is 3.80. The Kier molecular flexibility index (Phi) is 10.3. The number of piperidine rings is 1. The van der Waals surface area contributed by atoms with E-state index in [1.165, 1.54) is 0 Å². The lowest BCUT2D eigenvalue weighted by Gasteiger charge is -2.38. The third kappa shape index (κ3) is 7.11. The number of aryl methyl sites for hydroxylation is 1. The highest BCUT2D eigenvalue weighted by Gasteiger charge is 2.34. The van der Waals surface area contributed by atoms with Gasteiger partial charge in [0.15, 0.2) is 5.13 Å². The van der Waals surface area contributed by atoms with Gasteiger partial charge < -0.3 is 34.7 Å². The number of thiazole rings is 1. The minimum atomic E-state index is -1.08. The van der Waals surface area contributed by atoms with Crippen LogP contribution in [0.5, 0.6) is 0 Å². The number of piperazine rings is 1. The number of carboxylic acids is 1. The Hall–Kier alpha value is -3.01. The zero-order valence-electron chi connectivity index (χ0n) is 25.8. The van der Waals surface area contributed by atoms with Gasteiger partial charge in [0.05, 0.1) is 40.7 Å². The summed E-state index contributed by atoms with van der Waals surface area (Å²) >= 11 is 13.5. The van der Waals surface area contributed by atoms with Gasteiger partial charge in [-0.25, -0.2) is 19.7 Å². The first-order valence-corrected chi connectivity index (χ1v) is 17.2. The molecule has 0 aromatic carbocycles. The minimum absolute atomic E-state index is 0.0943. The van der Waals surface area contributed by atoms with E-state index in [1.807, 2.05) is 11.8 Å². The fourth-order valence-corrected chi connectivity index (χ4v) is 7.58. The molecule has 0 aliphatic carbocycles. The molecular formula is C30H38Cl2N8O5S. The normalized spacial score (nSPS) is 22.4. The minimum Gasteiger partial charge on any atom is -0.477 e. The number of aromatic carboxylic acids is 1. The number of hydrogen-bond acceptors (Lipinski definition) is 11. The maximum absolute atomic E-state index is 13.0. The number of ether oxygens (including phenoxy) is 2. The Morgan fingerprint density at radius 1 is 1.13 bits per heavy atom. The summed E-state index contributed by atoms with van der Waals surface area (Å²) in [6, 6.07) is -0.295. The molecule has 3 N–H and O–H groups in total. The van der Waals surface area contributed by atoms with Crippen molar-refractivity contribution in [2.75, 3.05) is 68.8 Å². The number of amides is 1. The van der Waals surface area contributed by atoms with Crippen LogP contribution >= 0.6 is 34.5 Å². The number of aromatic amines is 1. The molecule has 0 saturated carbocycles. The van der Waals surface area contributed by atoms with Crippen LogP contribution in [0.25, 0.3) is 11.4 Å². The zero-order valence-corrected chi connectivity index (χ0v) is 28.1. The maximum Gasteiger partial charge on any atom is 0.348 e. The molecule has 3 fully saturated rings.